The van der Waals surface area contributed by atoms with Gasteiger partial charge in [-0.3, -0.25) is 10.1 Å². The number of aromatic nitrogens is 1. The zero-order valence-corrected chi connectivity index (χ0v) is 12.8. The van der Waals surface area contributed by atoms with Crippen LogP contribution in [0.2, 0.25) is 0 Å². The summed E-state index contributed by atoms with van der Waals surface area (Å²) in [6, 6.07) is 8.03. The van der Waals surface area contributed by atoms with Crippen LogP contribution >= 0.6 is 0 Å². The van der Waals surface area contributed by atoms with E-state index in [1.807, 2.05) is 12.1 Å². The highest BCUT2D eigenvalue weighted by atomic mass is 16.5. The molecule has 1 atom stereocenters. The Balaban J connectivity index is 2.19. The Morgan fingerprint density at radius 1 is 1.33 bits per heavy atom. The molecule has 1 aromatic heterocycles. The molecule has 1 aliphatic heterocycles. The molecule has 0 saturated carbocycles. The fourth-order valence-electron chi connectivity index (χ4n) is 3.57. The average molecular weight is 286 g/mol. The maximum Gasteiger partial charge on any atom is 0.323 e. The van der Waals surface area contributed by atoms with Crippen molar-refractivity contribution in [2.75, 3.05) is 7.11 Å². The monoisotopic (exact) mass is 286 g/mol. The van der Waals surface area contributed by atoms with Crippen LogP contribution in [0.5, 0.6) is 0 Å². The molecule has 0 bridgehead atoms. The molecule has 2 N–H and O–H groups in total. The molecule has 21 heavy (non-hydrogen) atoms. The third-order valence-electron chi connectivity index (χ3n) is 4.84. The average Bonchev–Trinajstić information content (AvgIpc) is 2.92. The number of rotatable bonds is 3. The molecule has 2 heterocycles. The van der Waals surface area contributed by atoms with E-state index in [-0.39, 0.29) is 17.6 Å². The second-order valence-electron chi connectivity index (χ2n) is 5.74. The minimum absolute atomic E-state index is 0.183. The van der Waals surface area contributed by atoms with Crippen molar-refractivity contribution in [1.29, 1.82) is 0 Å². The van der Waals surface area contributed by atoms with E-state index >= 15 is 0 Å². The zero-order valence-electron chi connectivity index (χ0n) is 12.8. The number of esters is 1. The second-order valence-corrected chi connectivity index (χ2v) is 5.74. The van der Waals surface area contributed by atoms with Gasteiger partial charge in [-0.1, -0.05) is 32.0 Å². The maximum absolute atomic E-state index is 12.1. The molecule has 0 spiro atoms. The topological polar surface area (TPSA) is 54.1 Å². The standard InChI is InChI=1S/C17H22N2O2/c1-4-17(5-2)15-12(10-14(19-17)16(20)21-3)11-8-6-7-9-13(11)18-15/h6-9,14,18-19H,4-5,10H2,1-3H3. The molecule has 0 fully saturated rings. The molecule has 1 unspecified atom stereocenters. The first-order chi connectivity index (χ1) is 10.1. The highest BCUT2D eigenvalue weighted by Crippen LogP contribution is 2.39. The third kappa shape index (κ3) is 2.05. The Hall–Kier alpha value is -1.81. The summed E-state index contributed by atoms with van der Waals surface area (Å²) >= 11 is 0. The van der Waals surface area contributed by atoms with Crippen LogP contribution in [0, 0.1) is 0 Å². The molecule has 0 radical (unpaired) electrons. The van der Waals surface area contributed by atoms with Crippen LogP contribution in [0.3, 0.4) is 0 Å². The highest BCUT2D eigenvalue weighted by Gasteiger charge is 2.42. The number of benzene rings is 1. The first-order valence-electron chi connectivity index (χ1n) is 7.60. The number of hydrogen-bond donors (Lipinski definition) is 2. The van der Waals surface area contributed by atoms with Gasteiger partial charge in [0.25, 0.3) is 0 Å². The fraction of sp³-hybridized carbons (Fsp3) is 0.471. The van der Waals surface area contributed by atoms with Crippen molar-refractivity contribution in [1.82, 2.24) is 10.3 Å². The molecular formula is C17H22N2O2. The second kappa shape index (κ2) is 5.19. The van der Waals surface area contributed by atoms with E-state index < -0.39 is 0 Å². The molecule has 0 saturated heterocycles. The molecule has 1 aliphatic rings. The van der Waals surface area contributed by atoms with Crippen molar-refractivity contribution in [2.24, 2.45) is 0 Å². The summed E-state index contributed by atoms with van der Waals surface area (Å²) in [7, 11) is 1.45. The molecule has 4 heteroatoms. The van der Waals surface area contributed by atoms with E-state index in [0.717, 1.165) is 18.4 Å². The van der Waals surface area contributed by atoms with Crippen molar-refractivity contribution >= 4 is 16.9 Å². The van der Waals surface area contributed by atoms with Crippen molar-refractivity contribution < 1.29 is 9.53 Å². The summed E-state index contributed by atoms with van der Waals surface area (Å²) in [5.74, 6) is -0.183. The highest BCUT2D eigenvalue weighted by molar-refractivity contribution is 5.87. The van der Waals surface area contributed by atoms with Crippen LogP contribution in [0.25, 0.3) is 10.9 Å². The van der Waals surface area contributed by atoms with Gasteiger partial charge in [-0.25, -0.2) is 0 Å². The van der Waals surface area contributed by atoms with Gasteiger partial charge in [0.2, 0.25) is 0 Å². The summed E-state index contributed by atoms with van der Waals surface area (Å²) in [6.45, 7) is 4.32. The van der Waals surface area contributed by atoms with Crippen molar-refractivity contribution in [3.8, 4) is 0 Å². The number of para-hydroxylation sites is 1. The van der Waals surface area contributed by atoms with Crippen LogP contribution in [0.1, 0.15) is 37.9 Å². The number of hydrogen-bond acceptors (Lipinski definition) is 3. The first-order valence-corrected chi connectivity index (χ1v) is 7.60. The van der Waals surface area contributed by atoms with Crippen molar-refractivity contribution in [2.45, 2.75) is 44.7 Å². The van der Waals surface area contributed by atoms with E-state index in [1.165, 1.54) is 23.8 Å². The SMILES string of the molecule is CCC1(CC)NC(C(=O)OC)Cc2c1[nH]c1ccccc21. The minimum Gasteiger partial charge on any atom is -0.468 e. The van der Waals surface area contributed by atoms with Gasteiger partial charge in [-0.2, -0.15) is 0 Å². The fourth-order valence-corrected chi connectivity index (χ4v) is 3.57. The van der Waals surface area contributed by atoms with E-state index in [9.17, 15) is 4.79 Å². The number of methoxy groups -OCH3 is 1. The Morgan fingerprint density at radius 2 is 2.05 bits per heavy atom. The van der Waals surface area contributed by atoms with Crippen molar-refractivity contribution in [3.63, 3.8) is 0 Å². The van der Waals surface area contributed by atoms with Gasteiger partial charge >= 0.3 is 5.97 Å². The van der Waals surface area contributed by atoms with Gasteiger partial charge in [-0.05, 0) is 24.5 Å². The lowest BCUT2D eigenvalue weighted by molar-refractivity contribution is -0.144. The molecular weight excluding hydrogens is 264 g/mol. The zero-order chi connectivity index (χ0) is 15.0. The molecule has 3 rings (SSSR count). The Labute approximate surface area is 124 Å². The number of carbonyl (C=O) groups excluding carboxylic acids is 1. The molecule has 4 nitrogen and oxygen atoms in total. The number of fused-ring (bicyclic) bond motifs is 3. The molecule has 0 amide bonds. The van der Waals surface area contributed by atoms with Crippen LogP contribution in [-0.2, 0) is 21.5 Å². The quantitative estimate of drug-likeness (QED) is 0.853. The van der Waals surface area contributed by atoms with Gasteiger partial charge in [0, 0.05) is 23.0 Å². The predicted molar refractivity (Wildman–Crippen MR) is 83.2 cm³/mol. The van der Waals surface area contributed by atoms with Crippen LogP contribution in [0.4, 0.5) is 0 Å². The Bertz CT molecular complexity index is 670. The lowest BCUT2D eigenvalue weighted by Crippen LogP contribution is -2.55. The van der Waals surface area contributed by atoms with E-state index in [4.69, 9.17) is 4.74 Å². The number of carbonyl (C=O) groups is 1. The van der Waals surface area contributed by atoms with Gasteiger partial charge in [0.1, 0.15) is 6.04 Å². The molecule has 1 aromatic carbocycles. The maximum atomic E-state index is 12.1. The van der Waals surface area contributed by atoms with Gasteiger partial charge in [0.05, 0.1) is 12.6 Å². The lowest BCUT2D eigenvalue weighted by atomic mass is 9.80. The summed E-state index contributed by atoms with van der Waals surface area (Å²) in [4.78, 5) is 15.6. The summed E-state index contributed by atoms with van der Waals surface area (Å²) in [5.41, 5.74) is 3.43. The summed E-state index contributed by atoms with van der Waals surface area (Å²) in [6.07, 6.45) is 2.53. The number of H-pyrrole nitrogens is 1. The number of aromatic amines is 1. The molecule has 0 aliphatic carbocycles. The van der Waals surface area contributed by atoms with Gasteiger partial charge in [-0.15, -0.1) is 0 Å². The van der Waals surface area contributed by atoms with Crippen LogP contribution < -0.4 is 5.32 Å². The van der Waals surface area contributed by atoms with Crippen LogP contribution in [-0.4, -0.2) is 24.1 Å². The molecule has 112 valence electrons. The molecule has 2 aromatic rings. The van der Waals surface area contributed by atoms with E-state index in [0.29, 0.717) is 6.42 Å². The minimum atomic E-state index is -0.276. The van der Waals surface area contributed by atoms with Gasteiger partial charge < -0.3 is 9.72 Å². The van der Waals surface area contributed by atoms with Gasteiger partial charge in [0.15, 0.2) is 0 Å². The number of nitrogens with one attached hydrogen (secondary N) is 2. The van der Waals surface area contributed by atoms with Crippen molar-refractivity contribution in [3.05, 3.63) is 35.5 Å². The summed E-state index contributed by atoms with van der Waals surface area (Å²) < 4.78 is 4.96. The summed E-state index contributed by atoms with van der Waals surface area (Å²) in [5, 5.41) is 4.75. The van der Waals surface area contributed by atoms with Crippen LogP contribution in [0.15, 0.2) is 24.3 Å². The Morgan fingerprint density at radius 3 is 2.71 bits per heavy atom. The predicted octanol–water partition coefficient (Wildman–Crippen LogP) is 2.87. The lowest BCUT2D eigenvalue weighted by Gasteiger charge is -2.40. The van der Waals surface area contributed by atoms with E-state index in [2.05, 4.69) is 36.3 Å². The normalized spacial score (nSPS) is 20.2. The first kappa shape index (κ1) is 14.1. The number of ether oxygens (including phenoxy) is 1. The Kier molecular flexibility index (Phi) is 3.49. The van der Waals surface area contributed by atoms with E-state index in [1.54, 1.807) is 0 Å². The smallest absolute Gasteiger partial charge is 0.323 e. The third-order valence-corrected chi connectivity index (χ3v) is 4.84. The largest absolute Gasteiger partial charge is 0.468 e.